The van der Waals surface area contributed by atoms with Gasteiger partial charge in [0.05, 0.1) is 6.42 Å². The Morgan fingerprint density at radius 3 is 2.50 bits per heavy atom. The van der Waals surface area contributed by atoms with Gasteiger partial charge in [0.2, 0.25) is 5.91 Å². The van der Waals surface area contributed by atoms with E-state index in [-0.39, 0.29) is 5.91 Å². The zero-order valence-corrected chi connectivity index (χ0v) is 12.6. The number of carbonyl (C=O) groups excluding carboxylic acids is 1. The quantitative estimate of drug-likeness (QED) is 0.887. The Labute approximate surface area is 121 Å². The van der Waals surface area contributed by atoms with E-state index in [0.717, 1.165) is 17.5 Å². The van der Waals surface area contributed by atoms with Gasteiger partial charge < -0.3 is 11.1 Å². The predicted molar refractivity (Wildman–Crippen MR) is 82.1 cm³/mol. The lowest BCUT2D eigenvalue weighted by atomic mass is 9.78. The molecule has 1 amide bonds. The summed E-state index contributed by atoms with van der Waals surface area (Å²) < 4.78 is 0. The molecule has 0 radical (unpaired) electrons. The van der Waals surface area contributed by atoms with Crippen LogP contribution in [0.15, 0.2) is 24.3 Å². The van der Waals surface area contributed by atoms with Crippen LogP contribution in [0.4, 0.5) is 0 Å². The molecule has 0 saturated heterocycles. The molecule has 0 aromatic heterocycles. The molecule has 0 aliphatic heterocycles. The van der Waals surface area contributed by atoms with Crippen LogP contribution in [0.2, 0.25) is 0 Å². The molecular formula is C17H26N2O. The summed E-state index contributed by atoms with van der Waals surface area (Å²) in [6.45, 7) is 5.09. The van der Waals surface area contributed by atoms with Crippen molar-refractivity contribution in [3.8, 4) is 0 Å². The van der Waals surface area contributed by atoms with Crippen LogP contribution in [0.3, 0.4) is 0 Å². The van der Waals surface area contributed by atoms with Crippen LogP contribution in [0.5, 0.6) is 0 Å². The van der Waals surface area contributed by atoms with Crippen molar-refractivity contribution in [2.45, 2.75) is 52.1 Å². The number of nitrogens with two attached hydrogens (primary N) is 1. The summed E-state index contributed by atoms with van der Waals surface area (Å²) in [5.41, 5.74) is 7.73. The first kappa shape index (κ1) is 15.0. The molecule has 1 saturated carbocycles. The number of nitrogens with one attached hydrogen (secondary N) is 1. The van der Waals surface area contributed by atoms with E-state index >= 15 is 0 Å². The second kappa shape index (κ2) is 6.89. The Kier molecular flexibility index (Phi) is 5.18. The average molecular weight is 274 g/mol. The number of rotatable bonds is 4. The van der Waals surface area contributed by atoms with E-state index in [9.17, 15) is 4.79 Å². The highest BCUT2D eigenvalue weighted by molar-refractivity contribution is 5.78. The van der Waals surface area contributed by atoms with Gasteiger partial charge in [-0.2, -0.15) is 0 Å². The van der Waals surface area contributed by atoms with Gasteiger partial charge in [-0.1, -0.05) is 51.0 Å². The monoisotopic (exact) mass is 274 g/mol. The van der Waals surface area contributed by atoms with Crippen LogP contribution in [-0.4, -0.2) is 11.9 Å². The molecule has 3 atom stereocenters. The molecule has 3 N–H and O–H groups in total. The predicted octanol–water partition coefficient (Wildman–Crippen LogP) is 2.63. The molecular weight excluding hydrogens is 248 g/mol. The Morgan fingerprint density at radius 1 is 1.20 bits per heavy atom. The number of amides is 1. The third-order valence-corrected chi connectivity index (χ3v) is 4.68. The largest absolute Gasteiger partial charge is 0.353 e. The molecule has 1 aromatic carbocycles. The first-order valence-electron chi connectivity index (χ1n) is 7.67. The van der Waals surface area contributed by atoms with Gasteiger partial charge in [-0.3, -0.25) is 4.79 Å². The summed E-state index contributed by atoms with van der Waals surface area (Å²) in [7, 11) is 0. The normalized spacial score (nSPS) is 26.2. The summed E-state index contributed by atoms with van der Waals surface area (Å²) in [6.07, 6.45) is 4.08. The Bertz CT molecular complexity index is 441. The molecule has 1 aromatic rings. The van der Waals surface area contributed by atoms with Crippen molar-refractivity contribution >= 4 is 5.91 Å². The lowest BCUT2D eigenvalue weighted by Gasteiger charge is -2.34. The molecule has 0 spiro atoms. The van der Waals surface area contributed by atoms with Gasteiger partial charge in [-0.05, 0) is 29.4 Å². The number of hydrogen-bond acceptors (Lipinski definition) is 2. The smallest absolute Gasteiger partial charge is 0.224 e. The van der Waals surface area contributed by atoms with Crippen LogP contribution in [0.1, 0.15) is 44.2 Å². The summed E-state index contributed by atoms with van der Waals surface area (Å²) in [5.74, 6) is 1.42. The number of hydrogen-bond donors (Lipinski definition) is 2. The fraction of sp³-hybridized carbons (Fsp3) is 0.588. The number of benzene rings is 1. The Balaban J connectivity index is 1.88. The van der Waals surface area contributed by atoms with E-state index in [0.29, 0.717) is 30.8 Å². The van der Waals surface area contributed by atoms with E-state index in [1.807, 2.05) is 24.3 Å². The van der Waals surface area contributed by atoms with E-state index in [1.165, 1.54) is 12.8 Å². The molecule has 2 rings (SSSR count). The molecule has 1 aliphatic carbocycles. The summed E-state index contributed by atoms with van der Waals surface area (Å²) in [4.78, 5) is 12.2. The van der Waals surface area contributed by atoms with Gasteiger partial charge >= 0.3 is 0 Å². The minimum atomic E-state index is 0.136. The zero-order chi connectivity index (χ0) is 14.5. The first-order valence-corrected chi connectivity index (χ1v) is 7.67. The van der Waals surface area contributed by atoms with Crippen molar-refractivity contribution in [2.24, 2.45) is 17.6 Å². The molecule has 3 nitrogen and oxygen atoms in total. The summed E-state index contributed by atoms with van der Waals surface area (Å²) in [6, 6.07) is 8.32. The van der Waals surface area contributed by atoms with Gasteiger partial charge in [0.25, 0.3) is 0 Å². The molecule has 20 heavy (non-hydrogen) atoms. The third-order valence-electron chi connectivity index (χ3n) is 4.68. The molecule has 3 heteroatoms. The third kappa shape index (κ3) is 3.83. The number of carbonyl (C=O) groups is 1. The Morgan fingerprint density at radius 2 is 1.85 bits per heavy atom. The lowest BCUT2D eigenvalue weighted by molar-refractivity contribution is -0.121. The molecule has 1 fully saturated rings. The van der Waals surface area contributed by atoms with Crippen molar-refractivity contribution in [1.29, 1.82) is 0 Å². The molecule has 3 unspecified atom stereocenters. The molecule has 1 aliphatic rings. The van der Waals surface area contributed by atoms with Gasteiger partial charge in [-0.15, -0.1) is 0 Å². The maximum Gasteiger partial charge on any atom is 0.224 e. The summed E-state index contributed by atoms with van der Waals surface area (Å²) in [5, 5.41) is 3.21. The standard InChI is InChI=1S/C17H26N2O/c1-12-4-3-5-16(13(12)2)19-17(20)10-14-6-8-15(11-18)9-7-14/h6-9,12-13,16H,3-5,10-11,18H2,1-2H3,(H,19,20). The van der Waals surface area contributed by atoms with Gasteiger partial charge in [0, 0.05) is 12.6 Å². The van der Waals surface area contributed by atoms with Crippen LogP contribution in [-0.2, 0) is 17.8 Å². The minimum absolute atomic E-state index is 0.136. The van der Waals surface area contributed by atoms with E-state index < -0.39 is 0 Å². The first-order chi connectivity index (χ1) is 9.60. The van der Waals surface area contributed by atoms with Crippen molar-refractivity contribution in [1.82, 2.24) is 5.32 Å². The highest BCUT2D eigenvalue weighted by atomic mass is 16.1. The summed E-state index contributed by atoms with van der Waals surface area (Å²) >= 11 is 0. The highest BCUT2D eigenvalue weighted by Crippen LogP contribution is 2.29. The van der Waals surface area contributed by atoms with Crippen LogP contribution >= 0.6 is 0 Å². The van der Waals surface area contributed by atoms with Crippen LogP contribution in [0.25, 0.3) is 0 Å². The van der Waals surface area contributed by atoms with E-state index in [2.05, 4.69) is 19.2 Å². The van der Waals surface area contributed by atoms with Crippen molar-refractivity contribution in [3.63, 3.8) is 0 Å². The maximum atomic E-state index is 12.2. The van der Waals surface area contributed by atoms with Crippen molar-refractivity contribution in [3.05, 3.63) is 35.4 Å². The molecule has 0 heterocycles. The lowest BCUT2D eigenvalue weighted by Crippen LogP contribution is -2.44. The van der Waals surface area contributed by atoms with Crippen LogP contribution in [0, 0.1) is 11.8 Å². The van der Waals surface area contributed by atoms with Gasteiger partial charge in [0.1, 0.15) is 0 Å². The fourth-order valence-corrected chi connectivity index (χ4v) is 3.02. The van der Waals surface area contributed by atoms with E-state index in [4.69, 9.17) is 5.73 Å². The van der Waals surface area contributed by atoms with Crippen molar-refractivity contribution in [2.75, 3.05) is 0 Å². The topological polar surface area (TPSA) is 55.1 Å². The molecule has 0 bridgehead atoms. The maximum absolute atomic E-state index is 12.2. The van der Waals surface area contributed by atoms with Gasteiger partial charge in [0.15, 0.2) is 0 Å². The zero-order valence-electron chi connectivity index (χ0n) is 12.6. The Hall–Kier alpha value is -1.35. The van der Waals surface area contributed by atoms with Crippen LogP contribution < -0.4 is 11.1 Å². The average Bonchev–Trinajstić information content (AvgIpc) is 2.45. The van der Waals surface area contributed by atoms with Crippen molar-refractivity contribution < 1.29 is 4.79 Å². The second-order valence-corrected chi connectivity index (χ2v) is 6.14. The molecule has 110 valence electrons. The second-order valence-electron chi connectivity index (χ2n) is 6.14. The SMILES string of the molecule is CC1CCCC(NC(=O)Cc2ccc(CN)cc2)C1C. The van der Waals surface area contributed by atoms with E-state index in [1.54, 1.807) is 0 Å². The van der Waals surface area contributed by atoms with Gasteiger partial charge in [-0.25, -0.2) is 0 Å². The fourth-order valence-electron chi connectivity index (χ4n) is 3.02. The highest BCUT2D eigenvalue weighted by Gasteiger charge is 2.27. The minimum Gasteiger partial charge on any atom is -0.353 e.